The van der Waals surface area contributed by atoms with Crippen LogP contribution in [0.3, 0.4) is 0 Å². The number of methoxy groups -OCH3 is 1. The Kier molecular flexibility index (Phi) is 7.74. The summed E-state index contributed by atoms with van der Waals surface area (Å²) in [4.78, 5) is 43.2. The monoisotopic (exact) mass is 445 g/mol. The van der Waals surface area contributed by atoms with E-state index in [1.807, 2.05) is 0 Å². The van der Waals surface area contributed by atoms with Crippen molar-refractivity contribution in [3.8, 4) is 0 Å². The van der Waals surface area contributed by atoms with E-state index in [4.69, 9.17) is 14.5 Å². The third kappa shape index (κ3) is 6.68. The topological polar surface area (TPSA) is 97.8 Å². The van der Waals surface area contributed by atoms with Crippen LogP contribution in [0.4, 0.5) is 4.79 Å². The van der Waals surface area contributed by atoms with Crippen molar-refractivity contribution in [3.63, 3.8) is 0 Å². The molecule has 0 spiro atoms. The van der Waals surface area contributed by atoms with Crippen molar-refractivity contribution in [1.82, 2.24) is 15.2 Å². The molecule has 2 amide bonds. The fourth-order valence-corrected chi connectivity index (χ4v) is 4.16. The van der Waals surface area contributed by atoms with Gasteiger partial charge in [-0.3, -0.25) is 9.78 Å². The molecule has 3 rings (SSSR count). The van der Waals surface area contributed by atoms with Gasteiger partial charge in [0.15, 0.2) is 0 Å². The van der Waals surface area contributed by atoms with Gasteiger partial charge in [-0.15, -0.1) is 0 Å². The molecular weight excluding hydrogens is 410 g/mol. The third-order valence-corrected chi connectivity index (χ3v) is 5.91. The second kappa shape index (κ2) is 10.3. The van der Waals surface area contributed by atoms with Gasteiger partial charge in [-0.2, -0.15) is 0 Å². The molecule has 1 aromatic rings. The highest BCUT2D eigenvalue weighted by molar-refractivity contribution is 5.88. The number of carbonyl (C=O) groups excluding carboxylic acids is 3. The van der Waals surface area contributed by atoms with Gasteiger partial charge < -0.3 is 19.7 Å². The maximum Gasteiger partial charge on any atom is 0.408 e. The molecule has 176 valence electrons. The first-order chi connectivity index (χ1) is 15.1. The Balaban J connectivity index is 1.44. The van der Waals surface area contributed by atoms with Crippen LogP contribution >= 0.6 is 0 Å². The highest BCUT2D eigenvalue weighted by Gasteiger charge is 2.34. The number of hydrogen-bond donors (Lipinski definition) is 1. The first kappa shape index (κ1) is 24.0. The van der Waals surface area contributed by atoms with Crippen LogP contribution < -0.4 is 5.32 Å². The van der Waals surface area contributed by atoms with Crippen LogP contribution in [-0.2, 0) is 38.3 Å². The molecule has 2 aliphatic rings. The molecule has 0 saturated carbocycles. The lowest BCUT2D eigenvalue weighted by molar-refractivity contribution is -0.148. The summed E-state index contributed by atoms with van der Waals surface area (Å²) in [5.41, 5.74) is 3.07. The van der Waals surface area contributed by atoms with Crippen molar-refractivity contribution in [2.75, 3.05) is 20.2 Å². The van der Waals surface area contributed by atoms with Gasteiger partial charge in [-0.1, -0.05) is 6.07 Å². The van der Waals surface area contributed by atoms with Gasteiger partial charge in [0.1, 0.15) is 11.6 Å². The highest BCUT2D eigenvalue weighted by Crippen LogP contribution is 2.24. The van der Waals surface area contributed by atoms with Gasteiger partial charge in [0.2, 0.25) is 5.91 Å². The largest absolute Gasteiger partial charge is 0.467 e. The summed E-state index contributed by atoms with van der Waals surface area (Å²) in [7, 11) is 1.23. The number of nitrogens with one attached hydrogen (secondary N) is 1. The smallest absolute Gasteiger partial charge is 0.408 e. The Morgan fingerprint density at radius 2 is 1.91 bits per heavy atom. The van der Waals surface area contributed by atoms with E-state index < -0.39 is 23.7 Å². The lowest BCUT2D eigenvalue weighted by atomic mass is 9.92. The highest BCUT2D eigenvalue weighted by atomic mass is 16.6. The number of alkyl carbamates (subject to hydrolysis) is 1. The number of ether oxygens (including phenoxy) is 2. The number of hydrogen-bond acceptors (Lipinski definition) is 6. The molecule has 8 nitrogen and oxygen atoms in total. The van der Waals surface area contributed by atoms with E-state index in [-0.39, 0.29) is 12.3 Å². The van der Waals surface area contributed by atoms with Gasteiger partial charge >= 0.3 is 12.1 Å². The number of nitrogens with zero attached hydrogens (tertiary/aromatic N) is 2. The molecule has 8 heteroatoms. The minimum absolute atomic E-state index is 0.148. The lowest BCUT2D eigenvalue weighted by Gasteiger charge is -2.40. The van der Waals surface area contributed by atoms with Crippen LogP contribution in [0.25, 0.3) is 0 Å². The van der Waals surface area contributed by atoms with Gasteiger partial charge in [-0.25, -0.2) is 9.59 Å². The molecule has 1 fully saturated rings. The molecule has 1 aliphatic carbocycles. The van der Waals surface area contributed by atoms with E-state index in [1.165, 1.54) is 31.2 Å². The number of fused-ring (bicyclic) bond motifs is 1. The Labute approximate surface area is 190 Å². The first-order valence-corrected chi connectivity index (χ1v) is 11.5. The molecule has 1 aliphatic heterocycles. The molecule has 0 bridgehead atoms. The van der Waals surface area contributed by atoms with E-state index in [0.717, 1.165) is 31.4 Å². The van der Waals surface area contributed by atoms with Crippen LogP contribution in [0.5, 0.6) is 0 Å². The summed E-state index contributed by atoms with van der Waals surface area (Å²) in [6.07, 6.45) is 5.68. The van der Waals surface area contributed by atoms with Crippen molar-refractivity contribution in [1.29, 1.82) is 0 Å². The number of rotatable bonds is 7. The van der Waals surface area contributed by atoms with Crippen molar-refractivity contribution in [2.24, 2.45) is 5.92 Å². The van der Waals surface area contributed by atoms with Crippen molar-refractivity contribution >= 4 is 18.0 Å². The Bertz CT molecular complexity index is 843. The molecule has 0 unspecified atom stereocenters. The van der Waals surface area contributed by atoms with Crippen LogP contribution in [0, 0.1) is 5.92 Å². The van der Waals surface area contributed by atoms with Crippen molar-refractivity contribution < 1.29 is 23.9 Å². The maximum atomic E-state index is 12.6. The lowest BCUT2D eigenvalue weighted by Crippen LogP contribution is -2.53. The van der Waals surface area contributed by atoms with Crippen LogP contribution in [0.15, 0.2) is 12.1 Å². The van der Waals surface area contributed by atoms with Crippen molar-refractivity contribution in [2.45, 2.75) is 77.4 Å². The second-order valence-electron chi connectivity index (χ2n) is 9.75. The number of likely N-dealkylation sites (tertiary alicyclic amines) is 1. The summed E-state index contributed by atoms with van der Waals surface area (Å²) in [6.45, 7) is 6.49. The van der Waals surface area contributed by atoms with Gasteiger partial charge in [0, 0.05) is 24.5 Å². The molecule has 0 aromatic carbocycles. The van der Waals surface area contributed by atoms with Gasteiger partial charge in [0.05, 0.1) is 13.5 Å². The second-order valence-corrected chi connectivity index (χ2v) is 9.75. The van der Waals surface area contributed by atoms with Gasteiger partial charge in [-0.05, 0) is 76.8 Å². The molecule has 0 radical (unpaired) electrons. The van der Waals surface area contributed by atoms with E-state index in [2.05, 4.69) is 17.4 Å². The van der Waals surface area contributed by atoms with E-state index >= 15 is 0 Å². The number of pyridine rings is 1. The summed E-state index contributed by atoms with van der Waals surface area (Å²) in [6, 6.07) is 3.29. The number of carbonyl (C=O) groups is 3. The summed E-state index contributed by atoms with van der Waals surface area (Å²) >= 11 is 0. The molecule has 1 N–H and O–H groups in total. The zero-order chi connectivity index (χ0) is 23.3. The van der Waals surface area contributed by atoms with Crippen LogP contribution in [0.2, 0.25) is 0 Å². The summed E-state index contributed by atoms with van der Waals surface area (Å²) in [5, 5.41) is 2.45. The predicted octanol–water partition coefficient (Wildman–Crippen LogP) is 2.81. The minimum Gasteiger partial charge on any atom is -0.467 e. The molecule has 2 heterocycles. The fraction of sp³-hybridized carbons (Fsp3) is 0.667. The number of amides is 2. The Morgan fingerprint density at radius 3 is 2.59 bits per heavy atom. The normalized spacial score (nSPS) is 17.1. The number of aryl methyl sites for hydroxylation is 3. The predicted molar refractivity (Wildman–Crippen MR) is 119 cm³/mol. The first-order valence-electron chi connectivity index (χ1n) is 11.5. The zero-order valence-corrected chi connectivity index (χ0v) is 19.6. The summed E-state index contributed by atoms with van der Waals surface area (Å²) in [5.74, 6) is -0.424. The quantitative estimate of drug-likeness (QED) is 0.648. The molecule has 1 atom stereocenters. The maximum absolute atomic E-state index is 12.6. The van der Waals surface area contributed by atoms with E-state index in [0.29, 0.717) is 19.0 Å². The molecular formula is C24H35N3O5. The van der Waals surface area contributed by atoms with Crippen LogP contribution in [-0.4, -0.2) is 59.7 Å². The molecule has 1 saturated heterocycles. The average molecular weight is 446 g/mol. The van der Waals surface area contributed by atoms with E-state index in [1.54, 1.807) is 25.7 Å². The Morgan fingerprint density at radius 1 is 1.19 bits per heavy atom. The Hall–Kier alpha value is -2.64. The minimum atomic E-state index is -1.07. The molecule has 32 heavy (non-hydrogen) atoms. The van der Waals surface area contributed by atoms with Gasteiger partial charge in [0.25, 0.3) is 0 Å². The average Bonchev–Trinajstić information content (AvgIpc) is 2.70. The van der Waals surface area contributed by atoms with E-state index in [9.17, 15) is 14.4 Å². The number of aromatic nitrogens is 1. The summed E-state index contributed by atoms with van der Waals surface area (Å²) < 4.78 is 9.92. The third-order valence-electron chi connectivity index (χ3n) is 5.91. The zero-order valence-electron chi connectivity index (χ0n) is 19.6. The molecule has 1 aromatic heterocycles. The standard InChI is InChI=1S/C24H35N3O5/c1-24(2,3)32-23(30)26-20(22(29)31-4)13-21(28)27-14-16(15-27)9-11-18-12-10-17-7-5-6-8-19(17)25-18/h10,12,16,20H,5-9,11,13-15H2,1-4H3,(H,26,30)/t20-/m0/s1. The van der Waals surface area contributed by atoms with Crippen LogP contribution in [0.1, 0.15) is 63.4 Å². The van der Waals surface area contributed by atoms with Crippen molar-refractivity contribution in [3.05, 3.63) is 29.1 Å². The SMILES string of the molecule is COC(=O)[C@H](CC(=O)N1CC(CCc2ccc3c(n2)CCCC3)C1)NC(=O)OC(C)(C)C. The fourth-order valence-electron chi connectivity index (χ4n) is 4.16. The number of esters is 1.